The monoisotopic (exact) mass is 518 g/mol. The van der Waals surface area contributed by atoms with Crippen molar-refractivity contribution < 1.29 is 25.9 Å². The van der Waals surface area contributed by atoms with E-state index in [1.165, 1.54) is 6.07 Å². The van der Waals surface area contributed by atoms with Gasteiger partial charge in [0.05, 0.1) is 0 Å². The van der Waals surface area contributed by atoms with E-state index in [1.807, 2.05) is 86.5 Å². The van der Waals surface area contributed by atoms with Crippen molar-refractivity contribution in [3.63, 3.8) is 0 Å². The molecule has 0 radical (unpaired) electrons. The Bertz CT molecular complexity index is 1330. The van der Waals surface area contributed by atoms with Crippen LogP contribution in [-0.2, 0) is 31.7 Å². The van der Waals surface area contributed by atoms with Crippen LogP contribution < -0.4 is 9.80 Å². The summed E-state index contributed by atoms with van der Waals surface area (Å²) in [6.45, 7) is 0. The molecular formula is C25H30N2O6S2. The molecule has 3 rings (SSSR count). The van der Waals surface area contributed by atoms with Gasteiger partial charge in [-0.05, 0) is 52.1 Å². The second-order valence-corrected chi connectivity index (χ2v) is 11.8. The van der Waals surface area contributed by atoms with Crippen molar-refractivity contribution >= 4 is 31.6 Å². The molecule has 3 aromatic rings. The summed E-state index contributed by atoms with van der Waals surface area (Å²) in [5, 5.41) is 0. The molecule has 2 N–H and O–H groups in total. The Balaban J connectivity index is 2.22. The molecule has 0 fully saturated rings. The van der Waals surface area contributed by atoms with E-state index in [2.05, 4.69) is 0 Å². The van der Waals surface area contributed by atoms with E-state index in [4.69, 9.17) is 0 Å². The summed E-state index contributed by atoms with van der Waals surface area (Å²) in [4.78, 5) is 3.94. The minimum atomic E-state index is -4.42. The Kier molecular flexibility index (Phi) is 7.90. The quantitative estimate of drug-likeness (QED) is 0.325. The molecule has 188 valence electrons. The predicted octanol–water partition coefficient (Wildman–Crippen LogP) is 3.77. The first-order chi connectivity index (χ1) is 16.2. The number of nitrogens with zero attached hydrogens (tertiary/aromatic N) is 2. The molecule has 0 aliphatic carbocycles. The summed E-state index contributed by atoms with van der Waals surface area (Å²) < 4.78 is 65.4. The third-order valence-electron chi connectivity index (χ3n) is 5.69. The summed E-state index contributed by atoms with van der Waals surface area (Å²) in [5.74, 6) is -1.74. The molecule has 0 saturated heterocycles. The van der Waals surface area contributed by atoms with Crippen molar-refractivity contribution in [2.24, 2.45) is 0 Å². The maximum absolute atomic E-state index is 11.9. The first-order valence-electron chi connectivity index (χ1n) is 10.8. The van der Waals surface area contributed by atoms with Crippen molar-refractivity contribution in [3.05, 3.63) is 94.5 Å². The molecule has 0 aromatic heterocycles. The third kappa shape index (κ3) is 7.28. The second-order valence-electron chi connectivity index (χ2n) is 8.89. The average Bonchev–Trinajstić information content (AvgIpc) is 2.74. The average molecular weight is 519 g/mol. The van der Waals surface area contributed by atoms with Crippen molar-refractivity contribution in [2.75, 3.05) is 38.0 Å². The molecule has 0 bridgehead atoms. The first kappa shape index (κ1) is 26.7. The van der Waals surface area contributed by atoms with Gasteiger partial charge in [-0.25, -0.2) is 0 Å². The summed E-state index contributed by atoms with van der Waals surface area (Å²) in [7, 11) is -1.00. The molecule has 0 aliphatic heterocycles. The number of anilines is 2. The maximum atomic E-state index is 11.9. The van der Waals surface area contributed by atoms with Crippen LogP contribution in [0, 0.1) is 0 Å². The molecule has 3 aromatic carbocycles. The topological polar surface area (TPSA) is 115 Å². The number of hydrogen-bond donors (Lipinski definition) is 2. The largest absolute Gasteiger partial charge is 0.378 e. The van der Waals surface area contributed by atoms with Gasteiger partial charge in [0, 0.05) is 45.5 Å². The number of rotatable bonds is 9. The van der Waals surface area contributed by atoms with E-state index >= 15 is 0 Å². The van der Waals surface area contributed by atoms with Crippen LogP contribution in [0.3, 0.4) is 0 Å². The Hall–Kier alpha value is -2.92. The van der Waals surface area contributed by atoms with Gasteiger partial charge in [-0.1, -0.05) is 42.5 Å². The van der Waals surface area contributed by atoms with Crippen LogP contribution in [-0.4, -0.2) is 54.1 Å². The van der Waals surface area contributed by atoms with Crippen LogP contribution in [0.5, 0.6) is 0 Å². The van der Waals surface area contributed by atoms with Crippen LogP contribution in [0.2, 0.25) is 0 Å². The van der Waals surface area contributed by atoms with E-state index < -0.39 is 31.7 Å². The molecule has 0 amide bonds. The zero-order valence-corrected chi connectivity index (χ0v) is 21.7. The van der Waals surface area contributed by atoms with Gasteiger partial charge in [0.25, 0.3) is 20.2 Å². The van der Waals surface area contributed by atoms with Crippen LogP contribution >= 0.6 is 0 Å². The first-order valence-corrected chi connectivity index (χ1v) is 14.0. The van der Waals surface area contributed by atoms with E-state index in [1.54, 1.807) is 12.1 Å². The lowest BCUT2D eigenvalue weighted by Gasteiger charge is -2.24. The van der Waals surface area contributed by atoms with E-state index in [-0.39, 0.29) is 17.0 Å². The van der Waals surface area contributed by atoms with Gasteiger partial charge >= 0.3 is 0 Å². The lowest BCUT2D eigenvalue weighted by atomic mass is 9.82. The molecule has 0 saturated carbocycles. The number of hydrogen-bond acceptors (Lipinski definition) is 6. The van der Waals surface area contributed by atoms with Crippen molar-refractivity contribution in [1.29, 1.82) is 0 Å². The summed E-state index contributed by atoms with van der Waals surface area (Å²) in [6, 6.07) is 20.3. The fraction of sp³-hybridized carbons (Fsp3) is 0.280. The van der Waals surface area contributed by atoms with Crippen LogP contribution in [0.1, 0.15) is 33.7 Å². The minimum absolute atomic E-state index is 0.222. The standard InChI is InChI=1S/C25H30N2O6S2/c1-26(2)22-10-6-19(7-11-22)25(20-8-12-23(13-9-20)27(3)4)24-14-5-18(16-34(28,29)30)15-21(24)17-35(31,32)33/h5-15,25H,16-17H2,1-4H3,(H,28,29,30)(H,31,32,33). The van der Waals surface area contributed by atoms with Crippen molar-refractivity contribution in [3.8, 4) is 0 Å². The van der Waals surface area contributed by atoms with Crippen molar-refractivity contribution in [1.82, 2.24) is 0 Å². The Morgan fingerprint density at radius 1 is 0.657 bits per heavy atom. The van der Waals surface area contributed by atoms with Gasteiger partial charge in [0.1, 0.15) is 11.5 Å². The van der Waals surface area contributed by atoms with Gasteiger partial charge in [-0.15, -0.1) is 0 Å². The minimum Gasteiger partial charge on any atom is -0.378 e. The Labute approximate surface area is 207 Å². The van der Waals surface area contributed by atoms with E-state index in [0.717, 1.165) is 22.5 Å². The third-order valence-corrected chi connectivity index (χ3v) is 7.06. The molecule has 0 heterocycles. The van der Waals surface area contributed by atoms with Gasteiger partial charge in [0.15, 0.2) is 0 Å². The van der Waals surface area contributed by atoms with Gasteiger partial charge < -0.3 is 9.80 Å². The number of benzene rings is 3. The predicted molar refractivity (Wildman–Crippen MR) is 139 cm³/mol. The van der Waals surface area contributed by atoms with Crippen molar-refractivity contribution in [2.45, 2.75) is 17.4 Å². The molecular weight excluding hydrogens is 488 g/mol. The molecule has 0 atom stereocenters. The maximum Gasteiger partial charge on any atom is 0.269 e. The normalized spacial score (nSPS) is 12.1. The zero-order chi connectivity index (χ0) is 26.0. The summed E-state index contributed by atoms with van der Waals surface area (Å²) in [6.07, 6.45) is 0. The van der Waals surface area contributed by atoms with E-state index in [0.29, 0.717) is 5.56 Å². The Morgan fingerprint density at radius 2 is 1.09 bits per heavy atom. The molecule has 35 heavy (non-hydrogen) atoms. The molecule has 0 spiro atoms. The van der Waals surface area contributed by atoms with Crippen LogP contribution in [0.15, 0.2) is 66.7 Å². The van der Waals surface area contributed by atoms with Gasteiger partial charge in [-0.2, -0.15) is 16.8 Å². The van der Waals surface area contributed by atoms with Gasteiger partial charge in [0.2, 0.25) is 0 Å². The van der Waals surface area contributed by atoms with Crippen LogP contribution in [0.4, 0.5) is 11.4 Å². The molecule has 0 unspecified atom stereocenters. The zero-order valence-electron chi connectivity index (χ0n) is 20.1. The Morgan fingerprint density at radius 3 is 1.46 bits per heavy atom. The molecule has 10 heteroatoms. The second kappa shape index (κ2) is 10.4. The van der Waals surface area contributed by atoms with Gasteiger partial charge in [-0.3, -0.25) is 9.11 Å². The molecule has 0 aliphatic rings. The highest BCUT2D eigenvalue weighted by Gasteiger charge is 2.23. The fourth-order valence-electron chi connectivity index (χ4n) is 4.04. The lowest BCUT2D eigenvalue weighted by Crippen LogP contribution is -2.13. The summed E-state index contributed by atoms with van der Waals surface area (Å²) >= 11 is 0. The summed E-state index contributed by atoms with van der Waals surface area (Å²) in [5.41, 5.74) is 4.87. The fourth-order valence-corrected chi connectivity index (χ4v) is 5.29. The SMILES string of the molecule is CN(C)c1ccc(C(c2ccc(N(C)C)cc2)c2ccc(CS(=O)(=O)O)cc2CS(=O)(=O)O)cc1. The lowest BCUT2D eigenvalue weighted by molar-refractivity contribution is 0.480. The highest BCUT2D eigenvalue weighted by Crippen LogP contribution is 2.36. The highest BCUT2D eigenvalue weighted by atomic mass is 32.2. The molecule has 8 nitrogen and oxygen atoms in total. The van der Waals surface area contributed by atoms with E-state index in [9.17, 15) is 25.9 Å². The highest BCUT2D eigenvalue weighted by molar-refractivity contribution is 7.85. The van der Waals surface area contributed by atoms with Crippen LogP contribution in [0.25, 0.3) is 0 Å². The smallest absolute Gasteiger partial charge is 0.269 e.